The third-order valence-electron chi connectivity index (χ3n) is 3.43. The van der Waals surface area contributed by atoms with Crippen LogP contribution >= 0.6 is 0 Å². The van der Waals surface area contributed by atoms with Gasteiger partial charge in [-0.3, -0.25) is 10.1 Å². The first-order valence-electron chi connectivity index (χ1n) is 7.64. The molecule has 0 atom stereocenters. The molecule has 0 aliphatic rings. The Morgan fingerprint density at radius 2 is 1.78 bits per heavy atom. The number of nitrogens with two attached hydrogens (primary N) is 1. The van der Waals surface area contributed by atoms with Crippen molar-refractivity contribution in [2.24, 2.45) is 10.9 Å². The van der Waals surface area contributed by atoms with Gasteiger partial charge in [0.2, 0.25) is 0 Å². The molecule has 0 bridgehead atoms. The summed E-state index contributed by atoms with van der Waals surface area (Å²) in [6.07, 6.45) is 2.69. The predicted molar refractivity (Wildman–Crippen MR) is 98.5 cm³/mol. The number of methoxy groups -OCH3 is 2. The highest BCUT2D eigenvalue weighted by molar-refractivity contribution is 5.98. The number of non-ortho nitro benzene ring substituents is 1. The van der Waals surface area contributed by atoms with Crippen molar-refractivity contribution < 1.29 is 24.0 Å². The number of carbonyl (C=O) groups is 1. The number of ether oxygens (including phenoxy) is 2. The fraction of sp³-hybridized carbons (Fsp3) is 0.111. The molecule has 140 valence electrons. The molecule has 2 N–H and O–H groups in total. The number of benzene rings is 2. The monoisotopic (exact) mass is 371 g/mol. The molecule has 2 rings (SSSR count). The van der Waals surface area contributed by atoms with Crippen LogP contribution in [0.4, 0.5) is 5.69 Å². The van der Waals surface area contributed by atoms with Gasteiger partial charge in [0.05, 0.1) is 19.1 Å². The third-order valence-corrected chi connectivity index (χ3v) is 3.43. The molecule has 0 radical (unpaired) electrons. The minimum absolute atomic E-state index is 0.0820. The van der Waals surface area contributed by atoms with Crippen LogP contribution in [0.15, 0.2) is 53.7 Å². The SMILES string of the molecule is COc1ccc(C=CC(=O)ON=C(N)c2ccc([N+](=O)[O-])cc2)cc1OC. The van der Waals surface area contributed by atoms with Crippen LogP contribution in [-0.2, 0) is 9.63 Å². The lowest BCUT2D eigenvalue weighted by Crippen LogP contribution is -2.14. The smallest absolute Gasteiger partial charge is 0.358 e. The van der Waals surface area contributed by atoms with E-state index in [-0.39, 0.29) is 11.5 Å². The number of nitrogens with zero attached hydrogens (tertiary/aromatic N) is 2. The topological polar surface area (TPSA) is 126 Å². The summed E-state index contributed by atoms with van der Waals surface area (Å²) in [5, 5.41) is 14.1. The first-order valence-corrected chi connectivity index (χ1v) is 7.64. The van der Waals surface area contributed by atoms with Crippen molar-refractivity contribution in [3.63, 3.8) is 0 Å². The Hall–Kier alpha value is -3.88. The number of nitro benzene ring substituents is 1. The second-order valence-corrected chi connectivity index (χ2v) is 5.14. The zero-order valence-electron chi connectivity index (χ0n) is 14.6. The van der Waals surface area contributed by atoms with Crippen LogP contribution < -0.4 is 15.2 Å². The number of carbonyl (C=O) groups excluding carboxylic acids is 1. The van der Waals surface area contributed by atoms with Gasteiger partial charge in [-0.1, -0.05) is 11.2 Å². The summed E-state index contributed by atoms with van der Waals surface area (Å²) in [6.45, 7) is 0. The number of hydrogen-bond donors (Lipinski definition) is 1. The van der Waals surface area contributed by atoms with E-state index in [0.717, 1.165) is 0 Å². The van der Waals surface area contributed by atoms with E-state index in [1.165, 1.54) is 50.6 Å². The van der Waals surface area contributed by atoms with Crippen LogP contribution in [0, 0.1) is 10.1 Å². The van der Waals surface area contributed by atoms with E-state index >= 15 is 0 Å². The Morgan fingerprint density at radius 3 is 2.37 bits per heavy atom. The highest BCUT2D eigenvalue weighted by Gasteiger charge is 2.07. The van der Waals surface area contributed by atoms with E-state index in [1.54, 1.807) is 18.2 Å². The summed E-state index contributed by atoms with van der Waals surface area (Å²) in [7, 11) is 3.04. The number of rotatable bonds is 7. The van der Waals surface area contributed by atoms with Crippen molar-refractivity contribution in [1.82, 2.24) is 0 Å². The van der Waals surface area contributed by atoms with Crippen LogP contribution in [0.5, 0.6) is 11.5 Å². The van der Waals surface area contributed by atoms with Crippen LogP contribution in [0.25, 0.3) is 6.08 Å². The number of amidine groups is 1. The maximum Gasteiger partial charge on any atom is 0.358 e. The molecule has 2 aromatic rings. The summed E-state index contributed by atoms with van der Waals surface area (Å²) >= 11 is 0. The van der Waals surface area contributed by atoms with E-state index in [9.17, 15) is 14.9 Å². The molecule has 9 nitrogen and oxygen atoms in total. The molecule has 0 saturated carbocycles. The van der Waals surface area contributed by atoms with Gasteiger partial charge < -0.3 is 20.0 Å². The lowest BCUT2D eigenvalue weighted by atomic mass is 10.2. The lowest BCUT2D eigenvalue weighted by molar-refractivity contribution is -0.384. The molecule has 0 amide bonds. The molecule has 0 aliphatic heterocycles. The Balaban J connectivity index is 2.01. The molecule has 0 heterocycles. The highest BCUT2D eigenvalue weighted by atomic mass is 16.7. The largest absolute Gasteiger partial charge is 0.493 e. The highest BCUT2D eigenvalue weighted by Crippen LogP contribution is 2.27. The van der Waals surface area contributed by atoms with E-state index in [0.29, 0.717) is 22.6 Å². The van der Waals surface area contributed by atoms with Crippen molar-refractivity contribution in [1.29, 1.82) is 0 Å². The predicted octanol–water partition coefficient (Wildman–Crippen LogP) is 2.49. The summed E-state index contributed by atoms with van der Waals surface area (Å²) in [5.74, 6) is 0.263. The van der Waals surface area contributed by atoms with E-state index in [4.69, 9.17) is 20.0 Å². The quantitative estimate of drug-likeness (QED) is 0.198. The summed E-state index contributed by atoms with van der Waals surface area (Å²) < 4.78 is 10.3. The molecule has 0 fully saturated rings. The zero-order chi connectivity index (χ0) is 19.8. The third kappa shape index (κ3) is 5.30. The van der Waals surface area contributed by atoms with E-state index in [2.05, 4.69) is 5.16 Å². The fourth-order valence-electron chi connectivity index (χ4n) is 2.05. The van der Waals surface area contributed by atoms with Crippen LogP contribution in [0.3, 0.4) is 0 Å². The first kappa shape index (κ1) is 19.4. The molecule has 0 spiro atoms. The van der Waals surface area contributed by atoms with Gasteiger partial charge in [0.25, 0.3) is 5.69 Å². The number of nitro groups is 1. The Labute approximate surface area is 154 Å². The molecule has 27 heavy (non-hydrogen) atoms. The van der Waals surface area contributed by atoms with Crippen molar-refractivity contribution >= 4 is 23.6 Å². The second-order valence-electron chi connectivity index (χ2n) is 5.14. The summed E-state index contributed by atoms with van der Waals surface area (Å²) in [5.41, 5.74) is 6.69. The van der Waals surface area contributed by atoms with Crippen LogP contribution in [0.1, 0.15) is 11.1 Å². The summed E-state index contributed by atoms with van der Waals surface area (Å²) in [4.78, 5) is 26.5. The number of hydrogen-bond acceptors (Lipinski definition) is 7. The van der Waals surface area contributed by atoms with Gasteiger partial charge in [-0.2, -0.15) is 0 Å². The van der Waals surface area contributed by atoms with Gasteiger partial charge >= 0.3 is 5.97 Å². The van der Waals surface area contributed by atoms with Crippen molar-refractivity contribution in [2.75, 3.05) is 14.2 Å². The van der Waals surface area contributed by atoms with E-state index in [1.807, 2.05) is 0 Å². The maximum atomic E-state index is 11.8. The van der Waals surface area contributed by atoms with Gasteiger partial charge in [0.1, 0.15) is 0 Å². The fourth-order valence-corrected chi connectivity index (χ4v) is 2.05. The van der Waals surface area contributed by atoms with Gasteiger partial charge in [-0.25, -0.2) is 4.79 Å². The van der Waals surface area contributed by atoms with Gasteiger partial charge in [-0.05, 0) is 35.9 Å². The first-order chi connectivity index (χ1) is 12.9. The standard InChI is InChI=1S/C18H17N3O6/c1-25-15-9-3-12(11-16(15)26-2)4-10-17(22)27-20-18(19)13-5-7-14(8-6-13)21(23)24/h3-11H,1-2H3,(H2,19,20). The molecular weight excluding hydrogens is 354 g/mol. The average Bonchev–Trinajstić information content (AvgIpc) is 2.70. The van der Waals surface area contributed by atoms with E-state index < -0.39 is 10.9 Å². The minimum Gasteiger partial charge on any atom is -0.493 e. The van der Waals surface area contributed by atoms with Crippen molar-refractivity contribution in [2.45, 2.75) is 0 Å². The average molecular weight is 371 g/mol. The van der Waals surface area contributed by atoms with Gasteiger partial charge in [-0.15, -0.1) is 0 Å². The Kier molecular flexibility index (Phi) is 6.48. The van der Waals surface area contributed by atoms with Crippen LogP contribution in [0.2, 0.25) is 0 Å². The molecule has 0 aromatic heterocycles. The minimum atomic E-state index is -0.741. The Bertz CT molecular complexity index is 890. The molecule has 2 aromatic carbocycles. The van der Waals surface area contributed by atoms with Gasteiger partial charge in [0.15, 0.2) is 17.3 Å². The van der Waals surface area contributed by atoms with Gasteiger partial charge in [0, 0.05) is 23.8 Å². The second kappa shape index (κ2) is 8.99. The molecule has 0 unspecified atom stereocenters. The lowest BCUT2D eigenvalue weighted by Gasteiger charge is -2.07. The Morgan fingerprint density at radius 1 is 1.11 bits per heavy atom. The maximum absolute atomic E-state index is 11.8. The summed E-state index contributed by atoms with van der Waals surface area (Å²) in [6, 6.07) is 10.5. The van der Waals surface area contributed by atoms with Crippen LogP contribution in [-0.4, -0.2) is 30.9 Å². The molecule has 0 aliphatic carbocycles. The van der Waals surface area contributed by atoms with Crippen molar-refractivity contribution in [3.8, 4) is 11.5 Å². The molecule has 9 heteroatoms. The van der Waals surface area contributed by atoms with Crippen molar-refractivity contribution in [3.05, 3.63) is 69.8 Å². The number of oxime groups is 1. The zero-order valence-corrected chi connectivity index (χ0v) is 14.6. The normalized spacial score (nSPS) is 11.3. The molecular formula is C18H17N3O6. The molecule has 0 saturated heterocycles.